The monoisotopic (exact) mass is 330 g/mol. The van der Waals surface area contributed by atoms with Crippen LogP contribution in [0.2, 0.25) is 5.15 Å². The summed E-state index contributed by atoms with van der Waals surface area (Å²) in [4.78, 5) is 8.02. The van der Waals surface area contributed by atoms with E-state index in [-0.39, 0.29) is 28.2 Å². The molecule has 0 bridgehead atoms. The van der Waals surface area contributed by atoms with Crippen LogP contribution in [0, 0.1) is 6.92 Å². The highest BCUT2D eigenvalue weighted by Gasteiger charge is 2.13. The largest absolute Gasteiger partial charge is 0.493 e. The third-order valence-corrected chi connectivity index (χ3v) is 2.94. The third kappa shape index (κ3) is 3.64. The maximum Gasteiger partial charge on any atom is 0.387 e. The van der Waals surface area contributed by atoms with E-state index in [2.05, 4.69) is 20.0 Å². The van der Waals surface area contributed by atoms with Crippen molar-refractivity contribution >= 4 is 28.8 Å². The molecule has 0 fully saturated rings. The molecule has 3 N–H and O–H groups in total. The highest BCUT2D eigenvalue weighted by atomic mass is 35.5. The van der Waals surface area contributed by atoms with Gasteiger partial charge in [0.25, 0.3) is 0 Å². The first-order valence-corrected chi connectivity index (χ1v) is 6.48. The van der Waals surface area contributed by atoms with Crippen molar-refractivity contribution in [3.8, 4) is 11.5 Å². The first-order chi connectivity index (χ1) is 10.4. The van der Waals surface area contributed by atoms with Gasteiger partial charge in [-0.2, -0.15) is 8.78 Å². The number of aromatic nitrogens is 2. The number of hydrogen-bond donors (Lipinski definition) is 2. The minimum absolute atomic E-state index is 0.104. The molecule has 2 aromatic rings. The molecule has 1 aromatic carbocycles. The second kappa shape index (κ2) is 6.61. The number of benzene rings is 1. The average molecular weight is 331 g/mol. The summed E-state index contributed by atoms with van der Waals surface area (Å²) in [6.45, 7) is -1.32. The second-order valence-electron chi connectivity index (χ2n) is 4.19. The average Bonchev–Trinajstić information content (AvgIpc) is 2.44. The molecule has 0 aliphatic heterocycles. The molecule has 2 rings (SSSR count). The summed E-state index contributed by atoms with van der Waals surface area (Å²) in [5.74, 6) is 0.749. The van der Waals surface area contributed by atoms with Gasteiger partial charge in [0.15, 0.2) is 22.5 Å². The minimum Gasteiger partial charge on any atom is -0.493 e. The third-order valence-electron chi connectivity index (χ3n) is 2.65. The van der Waals surface area contributed by atoms with Gasteiger partial charge in [0.05, 0.1) is 7.11 Å². The van der Waals surface area contributed by atoms with Crippen molar-refractivity contribution in [2.24, 2.45) is 0 Å². The van der Waals surface area contributed by atoms with Gasteiger partial charge < -0.3 is 20.5 Å². The lowest BCUT2D eigenvalue weighted by atomic mass is 10.2. The number of aryl methyl sites for hydroxylation is 1. The zero-order valence-electron chi connectivity index (χ0n) is 11.7. The Labute approximate surface area is 130 Å². The van der Waals surface area contributed by atoms with E-state index in [4.69, 9.17) is 22.1 Å². The van der Waals surface area contributed by atoms with E-state index >= 15 is 0 Å². The van der Waals surface area contributed by atoms with Crippen molar-refractivity contribution in [2.75, 3.05) is 18.2 Å². The van der Waals surface area contributed by atoms with Gasteiger partial charge >= 0.3 is 6.61 Å². The summed E-state index contributed by atoms with van der Waals surface area (Å²) in [5, 5.41) is 2.98. The fourth-order valence-corrected chi connectivity index (χ4v) is 1.93. The van der Waals surface area contributed by atoms with Crippen molar-refractivity contribution in [1.29, 1.82) is 0 Å². The lowest BCUT2D eigenvalue weighted by molar-refractivity contribution is -0.0511. The van der Waals surface area contributed by atoms with Crippen LogP contribution in [-0.4, -0.2) is 23.7 Å². The molecule has 6 nitrogen and oxygen atoms in total. The molecule has 9 heteroatoms. The fourth-order valence-electron chi connectivity index (χ4n) is 1.72. The molecule has 0 amide bonds. The SMILES string of the molecule is COc1ccc(Nc2nc(C)nc(Cl)c2N)cc1OC(F)F. The molecule has 118 valence electrons. The number of methoxy groups -OCH3 is 1. The van der Waals surface area contributed by atoms with Gasteiger partial charge in [0.1, 0.15) is 11.5 Å². The summed E-state index contributed by atoms with van der Waals surface area (Å²) < 4.78 is 34.2. The molecule has 1 aromatic heterocycles. The topological polar surface area (TPSA) is 82.3 Å². The fraction of sp³-hybridized carbons (Fsp3) is 0.231. The van der Waals surface area contributed by atoms with Crippen LogP contribution < -0.4 is 20.5 Å². The van der Waals surface area contributed by atoms with Crippen LogP contribution in [0.4, 0.5) is 26.0 Å². The van der Waals surface area contributed by atoms with E-state index in [9.17, 15) is 8.78 Å². The van der Waals surface area contributed by atoms with E-state index in [1.54, 1.807) is 13.0 Å². The number of halogens is 3. The molecule has 0 aliphatic rings. The molecule has 22 heavy (non-hydrogen) atoms. The molecule has 1 heterocycles. The molecular weight excluding hydrogens is 318 g/mol. The van der Waals surface area contributed by atoms with E-state index in [0.717, 1.165) is 0 Å². The number of hydrogen-bond acceptors (Lipinski definition) is 6. The zero-order chi connectivity index (χ0) is 16.3. The predicted octanol–water partition coefficient (Wildman–Crippen LogP) is 3.37. The summed E-state index contributed by atoms with van der Waals surface area (Å²) in [6.07, 6.45) is 0. The molecular formula is C13H13ClF2N4O2. The molecule has 0 atom stereocenters. The maximum absolute atomic E-state index is 12.4. The Kier molecular flexibility index (Phi) is 4.81. The maximum atomic E-state index is 12.4. The van der Waals surface area contributed by atoms with E-state index in [0.29, 0.717) is 11.5 Å². The molecule has 0 spiro atoms. The number of anilines is 3. The number of alkyl halides is 2. The number of rotatable bonds is 5. The van der Waals surface area contributed by atoms with Crippen molar-refractivity contribution in [1.82, 2.24) is 9.97 Å². The molecule has 0 saturated heterocycles. The normalized spacial score (nSPS) is 10.6. The second-order valence-corrected chi connectivity index (χ2v) is 4.55. The van der Waals surface area contributed by atoms with Crippen molar-refractivity contribution < 1.29 is 18.3 Å². The van der Waals surface area contributed by atoms with Gasteiger partial charge in [-0.1, -0.05) is 11.6 Å². The number of nitrogens with two attached hydrogens (primary N) is 1. The van der Waals surface area contributed by atoms with Crippen LogP contribution in [-0.2, 0) is 0 Å². The van der Waals surface area contributed by atoms with E-state index in [1.807, 2.05) is 0 Å². The van der Waals surface area contributed by atoms with Crippen LogP contribution in [0.3, 0.4) is 0 Å². The van der Waals surface area contributed by atoms with Crippen molar-refractivity contribution in [3.63, 3.8) is 0 Å². The number of nitrogens with one attached hydrogen (secondary N) is 1. The predicted molar refractivity (Wildman–Crippen MR) is 79.1 cm³/mol. The first-order valence-electron chi connectivity index (χ1n) is 6.10. The highest BCUT2D eigenvalue weighted by molar-refractivity contribution is 6.32. The molecule has 0 unspecified atom stereocenters. The van der Waals surface area contributed by atoms with Gasteiger partial charge in [-0.15, -0.1) is 0 Å². The lowest BCUT2D eigenvalue weighted by Crippen LogP contribution is -2.06. The van der Waals surface area contributed by atoms with Crippen molar-refractivity contribution in [2.45, 2.75) is 13.5 Å². The number of nitrogens with zero attached hydrogens (tertiary/aromatic N) is 2. The van der Waals surface area contributed by atoms with Gasteiger partial charge in [0.2, 0.25) is 0 Å². The van der Waals surface area contributed by atoms with E-state index in [1.165, 1.54) is 19.2 Å². The van der Waals surface area contributed by atoms with Gasteiger partial charge in [-0.25, -0.2) is 9.97 Å². The Balaban J connectivity index is 2.34. The van der Waals surface area contributed by atoms with E-state index < -0.39 is 6.61 Å². The quantitative estimate of drug-likeness (QED) is 0.818. The Bertz CT molecular complexity index is 685. The standard InChI is InChI=1S/C13H13ClF2N4O2/c1-6-18-11(14)10(17)12(19-6)20-7-3-4-8(21-2)9(5-7)22-13(15)16/h3-5,13H,17H2,1-2H3,(H,18,19,20). The Morgan fingerprint density at radius 1 is 1.27 bits per heavy atom. The Morgan fingerprint density at radius 2 is 2.00 bits per heavy atom. The Hall–Kier alpha value is -2.35. The molecule has 0 aliphatic carbocycles. The number of ether oxygens (including phenoxy) is 2. The highest BCUT2D eigenvalue weighted by Crippen LogP contribution is 2.34. The van der Waals surface area contributed by atoms with Crippen LogP contribution in [0.1, 0.15) is 5.82 Å². The minimum atomic E-state index is -2.97. The Morgan fingerprint density at radius 3 is 2.64 bits per heavy atom. The van der Waals surface area contributed by atoms with Crippen molar-refractivity contribution in [3.05, 3.63) is 29.2 Å². The summed E-state index contributed by atoms with van der Waals surface area (Å²) in [5.41, 5.74) is 6.36. The molecule has 0 radical (unpaired) electrons. The molecule has 0 saturated carbocycles. The van der Waals surface area contributed by atoms with Gasteiger partial charge in [-0.3, -0.25) is 0 Å². The summed E-state index contributed by atoms with van der Waals surface area (Å²) in [6, 6.07) is 4.42. The van der Waals surface area contributed by atoms with Crippen LogP contribution in [0.5, 0.6) is 11.5 Å². The summed E-state index contributed by atoms with van der Waals surface area (Å²) >= 11 is 5.87. The van der Waals surface area contributed by atoms with Gasteiger partial charge in [-0.05, 0) is 19.1 Å². The van der Waals surface area contributed by atoms with Gasteiger partial charge in [0, 0.05) is 11.8 Å². The first kappa shape index (κ1) is 16.0. The number of nitrogen functional groups attached to an aromatic ring is 1. The lowest BCUT2D eigenvalue weighted by Gasteiger charge is -2.13. The zero-order valence-corrected chi connectivity index (χ0v) is 12.5. The van der Waals surface area contributed by atoms with Crippen LogP contribution >= 0.6 is 11.6 Å². The summed E-state index contributed by atoms with van der Waals surface area (Å²) in [7, 11) is 1.35. The van der Waals surface area contributed by atoms with Crippen LogP contribution in [0.25, 0.3) is 0 Å². The smallest absolute Gasteiger partial charge is 0.387 e. The van der Waals surface area contributed by atoms with Crippen LogP contribution in [0.15, 0.2) is 18.2 Å².